The smallest absolute Gasteiger partial charge is 0.326 e. The highest BCUT2D eigenvalue weighted by molar-refractivity contribution is 7.98. The summed E-state index contributed by atoms with van der Waals surface area (Å²) in [6.45, 7) is 5.54. The fourth-order valence-electron chi connectivity index (χ4n) is 1.75. The predicted octanol–water partition coefficient (Wildman–Crippen LogP) is 2.80. The number of carboxylic acids is 1. The van der Waals surface area contributed by atoms with Crippen molar-refractivity contribution >= 4 is 23.8 Å². The van der Waals surface area contributed by atoms with Crippen LogP contribution in [0.15, 0.2) is 0 Å². The monoisotopic (exact) mass is 304 g/mol. The Kier molecular flexibility index (Phi) is 11.3. The second-order valence-electron chi connectivity index (χ2n) is 4.82. The van der Waals surface area contributed by atoms with E-state index in [1.54, 1.807) is 16.7 Å². The van der Waals surface area contributed by atoms with Gasteiger partial charge in [-0.25, -0.2) is 9.59 Å². The van der Waals surface area contributed by atoms with Crippen molar-refractivity contribution in [3.63, 3.8) is 0 Å². The van der Waals surface area contributed by atoms with E-state index in [1.807, 2.05) is 6.26 Å². The molecular weight excluding hydrogens is 276 g/mol. The third-order valence-electron chi connectivity index (χ3n) is 3.06. The van der Waals surface area contributed by atoms with Crippen molar-refractivity contribution in [2.75, 3.05) is 25.1 Å². The molecule has 0 aliphatic rings. The highest BCUT2D eigenvalue weighted by Crippen LogP contribution is 2.04. The summed E-state index contributed by atoms with van der Waals surface area (Å²) in [6, 6.07) is -1.04. The molecular formula is C14H28N2O3S. The number of urea groups is 1. The number of nitrogens with zero attached hydrogens (tertiary/aromatic N) is 1. The first kappa shape index (κ1) is 19.1. The largest absolute Gasteiger partial charge is 0.480 e. The van der Waals surface area contributed by atoms with E-state index in [9.17, 15) is 9.59 Å². The molecule has 0 aliphatic heterocycles. The number of aliphatic carboxylic acids is 1. The second-order valence-corrected chi connectivity index (χ2v) is 5.80. The average molecular weight is 304 g/mol. The van der Waals surface area contributed by atoms with Gasteiger partial charge in [0.05, 0.1) is 0 Å². The Morgan fingerprint density at radius 1 is 1.20 bits per heavy atom. The summed E-state index contributed by atoms with van der Waals surface area (Å²) < 4.78 is 0. The Balaban J connectivity index is 4.47. The lowest BCUT2D eigenvalue weighted by Crippen LogP contribution is -2.48. The van der Waals surface area contributed by atoms with Crippen molar-refractivity contribution in [3.8, 4) is 0 Å². The number of nitrogens with one attached hydrogen (secondary N) is 1. The van der Waals surface area contributed by atoms with Crippen LogP contribution in [0, 0.1) is 0 Å². The van der Waals surface area contributed by atoms with Gasteiger partial charge in [-0.2, -0.15) is 11.8 Å². The summed E-state index contributed by atoms with van der Waals surface area (Å²) in [5, 5.41) is 11.8. The number of carbonyl (C=O) groups excluding carboxylic acids is 1. The van der Waals surface area contributed by atoms with Crippen LogP contribution in [0.3, 0.4) is 0 Å². The van der Waals surface area contributed by atoms with Gasteiger partial charge in [0.1, 0.15) is 6.04 Å². The highest BCUT2D eigenvalue weighted by atomic mass is 32.2. The summed E-state index contributed by atoms with van der Waals surface area (Å²) in [6.07, 6.45) is 6.31. The number of hydrogen-bond donors (Lipinski definition) is 2. The van der Waals surface area contributed by atoms with Gasteiger partial charge in [0.2, 0.25) is 0 Å². The summed E-state index contributed by atoms with van der Waals surface area (Å²) in [5.74, 6) is -0.236. The molecule has 0 saturated carbocycles. The molecule has 0 aromatic rings. The van der Waals surface area contributed by atoms with Crippen LogP contribution >= 0.6 is 11.8 Å². The van der Waals surface area contributed by atoms with E-state index < -0.39 is 12.0 Å². The van der Waals surface area contributed by atoms with Crippen LogP contribution in [0.25, 0.3) is 0 Å². The quantitative estimate of drug-likeness (QED) is 0.616. The number of carboxylic acid groups (broad SMARTS) is 1. The Hall–Kier alpha value is -0.910. The molecule has 5 nitrogen and oxygen atoms in total. The highest BCUT2D eigenvalue weighted by Gasteiger charge is 2.22. The maximum absolute atomic E-state index is 12.2. The zero-order chi connectivity index (χ0) is 15.4. The van der Waals surface area contributed by atoms with E-state index in [1.165, 1.54) is 0 Å². The maximum Gasteiger partial charge on any atom is 0.326 e. The van der Waals surface area contributed by atoms with Crippen LogP contribution in [0.1, 0.15) is 46.0 Å². The van der Waals surface area contributed by atoms with Gasteiger partial charge in [-0.3, -0.25) is 0 Å². The fourth-order valence-corrected chi connectivity index (χ4v) is 2.22. The van der Waals surface area contributed by atoms with Gasteiger partial charge in [-0.15, -0.1) is 0 Å². The fraction of sp³-hybridized carbons (Fsp3) is 0.857. The first-order chi connectivity index (χ1) is 9.56. The Labute approximate surface area is 126 Å². The molecule has 6 heteroatoms. The van der Waals surface area contributed by atoms with E-state index in [0.717, 1.165) is 31.4 Å². The molecule has 0 aromatic carbocycles. The molecule has 0 spiro atoms. The summed E-state index contributed by atoms with van der Waals surface area (Å²) in [5.41, 5.74) is 0. The van der Waals surface area contributed by atoms with E-state index in [2.05, 4.69) is 19.2 Å². The molecule has 0 aliphatic carbocycles. The third kappa shape index (κ3) is 8.30. The number of thioether (sulfide) groups is 1. The average Bonchev–Trinajstić information content (AvgIpc) is 2.43. The molecule has 0 fully saturated rings. The van der Waals surface area contributed by atoms with Crippen LogP contribution in [0.4, 0.5) is 4.79 Å². The molecule has 1 atom stereocenters. The van der Waals surface area contributed by atoms with Crippen molar-refractivity contribution in [2.45, 2.75) is 52.0 Å². The van der Waals surface area contributed by atoms with Crippen molar-refractivity contribution < 1.29 is 14.7 Å². The molecule has 2 N–H and O–H groups in total. The molecule has 2 amide bonds. The van der Waals surface area contributed by atoms with E-state index in [0.29, 0.717) is 19.5 Å². The minimum absolute atomic E-state index is 0.250. The third-order valence-corrected chi connectivity index (χ3v) is 3.70. The lowest BCUT2D eigenvalue weighted by molar-refractivity contribution is -0.139. The predicted molar refractivity (Wildman–Crippen MR) is 84.3 cm³/mol. The number of rotatable bonds is 11. The molecule has 0 radical (unpaired) electrons. The van der Waals surface area contributed by atoms with Crippen molar-refractivity contribution in [3.05, 3.63) is 0 Å². The van der Waals surface area contributed by atoms with Gasteiger partial charge in [-0.05, 0) is 31.3 Å². The van der Waals surface area contributed by atoms with Gasteiger partial charge in [-0.1, -0.05) is 26.7 Å². The summed E-state index contributed by atoms with van der Waals surface area (Å²) in [4.78, 5) is 25.1. The molecule has 0 bridgehead atoms. The zero-order valence-corrected chi connectivity index (χ0v) is 13.7. The lowest BCUT2D eigenvalue weighted by atomic mass is 10.2. The maximum atomic E-state index is 12.2. The standard InChI is InChI=1S/C14H28N2O3S/c1-4-6-9-16(10-7-5-2)14(19)15-12(13(17)18)8-11-20-3/h12H,4-11H2,1-3H3,(H,15,19)(H,17,18). The minimum Gasteiger partial charge on any atom is -0.480 e. The van der Waals surface area contributed by atoms with Crippen molar-refractivity contribution in [1.29, 1.82) is 0 Å². The molecule has 0 rings (SSSR count). The van der Waals surface area contributed by atoms with Gasteiger partial charge in [0.15, 0.2) is 0 Å². The topological polar surface area (TPSA) is 69.6 Å². The van der Waals surface area contributed by atoms with Crippen LogP contribution in [-0.2, 0) is 4.79 Å². The summed E-state index contributed by atoms with van der Waals surface area (Å²) >= 11 is 1.58. The van der Waals surface area contributed by atoms with Gasteiger partial charge in [0.25, 0.3) is 0 Å². The second kappa shape index (κ2) is 11.9. The molecule has 0 heterocycles. The van der Waals surface area contributed by atoms with Crippen molar-refractivity contribution in [2.24, 2.45) is 0 Å². The van der Waals surface area contributed by atoms with Crippen molar-refractivity contribution in [1.82, 2.24) is 10.2 Å². The number of hydrogen-bond acceptors (Lipinski definition) is 3. The molecule has 0 saturated heterocycles. The Morgan fingerprint density at radius 2 is 1.75 bits per heavy atom. The number of carbonyl (C=O) groups is 2. The van der Waals surface area contributed by atoms with Gasteiger partial charge in [0, 0.05) is 13.1 Å². The van der Waals surface area contributed by atoms with Crippen LogP contribution in [0.5, 0.6) is 0 Å². The lowest BCUT2D eigenvalue weighted by Gasteiger charge is -2.25. The summed E-state index contributed by atoms with van der Waals surface area (Å²) in [7, 11) is 0. The van der Waals surface area contributed by atoms with Gasteiger partial charge < -0.3 is 15.3 Å². The Morgan fingerprint density at radius 3 is 2.15 bits per heavy atom. The van der Waals surface area contributed by atoms with Crippen LogP contribution < -0.4 is 5.32 Å². The van der Waals surface area contributed by atoms with Gasteiger partial charge >= 0.3 is 12.0 Å². The SMILES string of the molecule is CCCCN(CCCC)C(=O)NC(CCSC)C(=O)O. The first-order valence-corrected chi connectivity index (χ1v) is 8.73. The normalized spacial score (nSPS) is 11.9. The molecule has 0 aromatic heterocycles. The van der Waals surface area contributed by atoms with Crippen LogP contribution in [0.2, 0.25) is 0 Å². The zero-order valence-electron chi connectivity index (χ0n) is 12.9. The molecule has 1 unspecified atom stereocenters. The van der Waals surface area contributed by atoms with E-state index in [-0.39, 0.29) is 6.03 Å². The number of amides is 2. The van der Waals surface area contributed by atoms with E-state index >= 15 is 0 Å². The first-order valence-electron chi connectivity index (χ1n) is 7.33. The van der Waals surface area contributed by atoms with E-state index in [4.69, 9.17) is 5.11 Å². The molecule has 20 heavy (non-hydrogen) atoms. The van der Waals surface area contributed by atoms with Crippen LogP contribution in [-0.4, -0.2) is 53.1 Å². The molecule has 118 valence electrons. The minimum atomic E-state index is -0.960. The Bertz CT molecular complexity index is 280. The number of unbranched alkanes of at least 4 members (excludes halogenated alkanes) is 2.